The first kappa shape index (κ1) is 17.2. The standard InChI is InChI=1S/C18H25NO2Se/c1-4-8-13(2)11-12-16(20)19-14(3)17(21-18(19)22)15-9-6-5-7-10-15/h5-7,9-10,13-14,17H,4,8,11-12H2,1-3H3/t13?,14-,17-/m0/s1. The van der Waals surface area contributed by atoms with Gasteiger partial charge in [-0.1, -0.05) is 0 Å². The Kier molecular flexibility index (Phi) is 6.22. The molecule has 22 heavy (non-hydrogen) atoms. The van der Waals surface area contributed by atoms with Crippen molar-refractivity contribution in [2.45, 2.75) is 58.6 Å². The van der Waals surface area contributed by atoms with E-state index in [1.54, 1.807) is 4.90 Å². The Morgan fingerprint density at radius 3 is 2.64 bits per heavy atom. The average molecular weight is 366 g/mol. The van der Waals surface area contributed by atoms with Gasteiger partial charge in [0.1, 0.15) is 0 Å². The van der Waals surface area contributed by atoms with E-state index in [4.69, 9.17) is 4.74 Å². The van der Waals surface area contributed by atoms with Crippen LogP contribution in [0.2, 0.25) is 0 Å². The average Bonchev–Trinajstić information content (AvgIpc) is 2.81. The van der Waals surface area contributed by atoms with Crippen LogP contribution >= 0.6 is 0 Å². The van der Waals surface area contributed by atoms with Crippen molar-refractivity contribution in [3.63, 3.8) is 0 Å². The molecule has 0 radical (unpaired) electrons. The zero-order valence-corrected chi connectivity index (χ0v) is 15.3. The summed E-state index contributed by atoms with van der Waals surface area (Å²) in [4.78, 5) is 14.3. The van der Waals surface area contributed by atoms with Crippen molar-refractivity contribution >= 4 is 26.2 Å². The second kappa shape index (κ2) is 7.94. The first-order chi connectivity index (χ1) is 10.5. The van der Waals surface area contributed by atoms with Gasteiger partial charge >= 0.3 is 141 Å². The number of rotatable bonds is 6. The van der Waals surface area contributed by atoms with Crippen LogP contribution in [-0.4, -0.2) is 37.2 Å². The molecule has 3 atom stereocenters. The Labute approximate surface area is 141 Å². The monoisotopic (exact) mass is 367 g/mol. The van der Waals surface area contributed by atoms with Gasteiger partial charge in [0.25, 0.3) is 0 Å². The molecule has 1 unspecified atom stereocenters. The van der Waals surface area contributed by atoms with Gasteiger partial charge in [-0.05, 0) is 0 Å². The summed E-state index contributed by atoms with van der Waals surface area (Å²) >= 11 is 2.91. The summed E-state index contributed by atoms with van der Waals surface area (Å²) in [5, 5.41) is 0. The molecule has 1 fully saturated rings. The zero-order valence-electron chi connectivity index (χ0n) is 13.6. The van der Waals surface area contributed by atoms with Gasteiger partial charge in [-0.3, -0.25) is 0 Å². The fraction of sp³-hybridized carbons (Fsp3) is 0.556. The Balaban J connectivity index is 1.99. The molecule has 1 saturated heterocycles. The maximum absolute atomic E-state index is 12.6. The maximum atomic E-state index is 12.6. The molecule has 1 heterocycles. The molecule has 0 N–H and O–H groups in total. The molecule has 3 nitrogen and oxygen atoms in total. The Bertz CT molecular complexity index is 517. The van der Waals surface area contributed by atoms with Crippen molar-refractivity contribution in [2.75, 3.05) is 0 Å². The minimum absolute atomic E-state index is 0.0210. The van der Waals surface area contributed by atoms with Crippen LogP contribution in [0.1, 0.15) is 58.1 Å². The number of ether oxygens (including phenoxy) is 1. The molecule has 2 rings (SSSR count). The molecule has 0 saturated carbocycles. The fourth-order valence-electron chi connectivity index (χ4n) is 3.01. The van der Waals surface area contributed by atoms with Crippen LogP contribution in [0.4, 0.5) is 0 Å². The number of carbonyl (C=O) groups excluding carboxylic acids is 1. The molecule has 0 aliphatic carbocycles. The van der Waals surface area contributed by atoms with Crippen LogP contribution in [0.3, 0.4) is 0 Å². The summed E-state index contributed by atoms with van der Waals surface area (Å²) in [6.07, 6.45) is 3.80. The van der Waals surface area contributed by atoms with Crippen LogP contribution in [0, 0.1) is 5.92 Å². The molecule has 1 aliphatic rings. The van der Waals surface area contributed by atoms with Crippen LogP contribution in [-0.2, 0) is 9.53 Å². The Morgan fingerprint density at radius 2 is 2.00 bits per heavy atom. The summed E-state index contributed by atoms with van der Waals surface area (Å²) in [6.45, 7) is 6.46. The van der Waals surface area contributed by atoms with E-state index in [0.29, 0.717) is 17.1 Å². The predicted octanol–water partition coefficient (Wildman–Crippen LogP) is 3.45. The zero-order chi connectivity index (χ0) is 16.1. The molecule has 4 heteroatoms. The molecule has 120 valence electrons. The van der Waals surface area contributed by atoms with Gasteiger partial charge in [-0.25, -0.2) is 0 Å². The summed E-state index contributed by atoms with van der Waals surface area (Å²) in [5.74, 6) is 0.754. The van der Waals surface area contributed by atoms with Gasteiger partial charge in [-0.15, -0.1) is 0 Å². The van der Waals surface area contributed by atoms with Crippen molar-refractivity contribution in [1.82, 2.24) is 4.90 Å². The van der Waals surface area contributed by atoms with E-state index in [1.165, 1.54) is 12.8 Å². The third-order valence-corrected chi connectivity index (χ3v) is 4.91. The van der Waals surface area contributed by atoms with Gasteiger partial charge in [0.2, 0.25) is 0 Å². The van der Waals surface area contributed by atoms with E-state index >= 15 is 0 Å². The molecule has 0 aromatic heterocycles. The van der Waals surface area contributed by atoms with Gasteiger partial charge in [0, 0.05) is 0 Å². The molecule has 1 aliphatic heterocycles. The van der Waals surface area contributed by atoms with Crippen LogP contribution < -0.4 is 0 Å². The predicted molar refractivity (Wildman–Crippen MR) is 90.6 cm³/mol. The summed E-state index contributed by atoms with van der Waals surface area (Å²) in [7, 11) is 0. The molecular formula is C18H25NO2Se. The van der Waals surface area contributed by atoms with Crippen LogP contribution in [0.5, 0.6) is 0 Å². The summed E-state index contributed by atoms with van der Waals surface area (Å²) < 4.78 is 6.52. The molecule has 0 spiro atoms. The normalized spacial score (nSPS) is 22.5. The van der Waals surface area contributed by atoms with Gasteiger partial charge in [0.05, 0.1) is 0 Å². The number of nitrogens with zero attached hydrogens (tertiary/aromatic N) is 1. The SMILES string of the molecule is CCCC(C)CCC(=O)N1C(=[Se])O[C@H](c2ccccc2)[C@@H]1C. The minimum atomic E-state index is -0.0885. The third-order valence-electron chi connectivity index (χ3n) is 4.30. The second-order valence-corrected chi connectivity index (χ2v) is 6.88. The molecule has 1 amide bonds. The quantitative estimate of drug-likeness (QED) is 0.722. The molecule has 1 aromatic rings. The second-order valence-electron chi connectivity index (χ2n) is 6.15. The van der Waals surface area contributed by atoms with Crippen LogP contribution in [0.25, 0.3) is 0 Å². The summed E-state index contributed by atoms with van der Waals surface area (Å²) in [6, 6.07) is 10.1. The number of carbonyl (C=O) groups is 1. The topological polar surface area (TPSA) is 29.5 Å². The van der Waals surface area contributed by atoms with E-state index in [2.05, 4.69) is 36.3 Å². The van der Waals surface area contributed by atoms with Gasteiger partial charge in [0.15, 0.2) is 0 Å². The van der Waals surface area contributed by atoms with Gasteiger partial charge in [-0.2, -0.15) is 0 Å². The van der Waals surface area contributed by atoms with Gasteiger partial charge < -0.3 is 0 Å². The van der Waals surface area contributed by atoms with Crippen molar-refractivity contribution in [1.29, 1.82) is 0 Å². The number of hydrogen-bond acceptors (Lipinski definition) is 2. The molecule has 1 aromatic carbocycles. The van der Waals surface area contributed by atoms with Crippen molar-refractivity contribution in [3.05, 3.63) is 35.9 Å². The third kappa shape index (κ3) is 3.99. The van der Waals surface area contributed by atoms with Crippen molar-refractivity contribution in [2.24, 2.45) is 5.92 Å². The Morgan fingerprint density at radius 1 is 1.32 bits per heavy atom. The van der Waals surface area contributed by atoms with E-state index in [-0.39, 0.29) is 18.1 Å². The molecular weight excluding hydrogens is 341 g/mol. The van der Waals surface area contributed by atoms with Crippen LogP contribution in [0.15, 0.2) is 30.3 Å². The molecule has 0 bridgehead atoms. The number of benzene rings is 1. The first-order valence-electron chi connectivity index (χ1n) is 8.12. The van der Waals surface area contributed by atoms with E-state index in [1.807, 2.05) is 30.3 Å². The number of amides is 1. The number of hydrogen-bond donors (Lipinski definition) is 0. The Hall–Kier alpha value is -1.12. The summed E-state index contributed by atoms with van der Waals surface area (Å²) in [5.41, 5.74) is 1.11. The fourth-order valence-corrected chi connectivity index (χ4v) is 3.79. The van der Waals surface area contributed by atoms with E-state index in [0.717, 1.165) is 12.0 Å². The van der Waals surface area contributed by atoms with E-state index < -0.39 is 0 Å². The van der Waals surface area contributed by atoms with Crippen molar-refractivity contribution in [3.8, 4) is 0 Å². The van der Waals surface area contributed by atoms with E-state index in [9.17, 15) is 4.79 Å². The van der Waals surface area contributed by atoms with Crippen molar-refractivity contribution < 1.29 is 9.53 Å². The first-order valence-corrected chi connectivity index (χ1v) is 8.97.